The van der Waals surface area contributed by atoms with E-state index in [9.17, 15) is 19.5 Å². The van der Waals surface area contributed by atoms with Gasteiger partial charge in [-0.3, -0.25) is 9.59 Å². The number of ether oxygens (including phenoxy) is 1. The van der Waals surface area contributed by atoms with Crippen molar-refractivity contribution in [2.75, 3.05) is 13.2 Å². The minimum absolute atomic E-state index is 0.0408. The average Bonchev–Trinajstić information content (AvgIpc) is 3.10. The Balaban J connectivity index is 1.60. The van der Waals surface area contributed by atoms with E-state index in [1.165, 1.54) is 0 Å². The lowest BCUT2D eigenvalue weighted by Crippen LogP contribution is -2.50. The van der Waals surface area contributed by atoms with Gasteiger partial charge in [-0.2, -0.15) is 0 Å². The van der Waals surface area contributed by atoms with Crippen LogP contribution in [-0.2, 0) is 14.3 Å². The molecule has 188 valence electrons. The van der Waals surface area contributed by atoms with E-state index in [1.807, 2.05) is 58.9 Å². The zero-order valence-corrected chi connectivity index (χ0v) is 21.1. The molecule has 1 aliphatic carbocycles. The lowest BCUT2D eigenvalue weighted by Gasteiger charge is -2.32. The van der Waals surface area contributed by atoms with Crippen LogP contribution in [0.5, 0.6) is 0 Å². The minimum Gasteiger partial charge on any atom is -0.481 e. The van der Waals surface area contributed by atoms with Gasteiger partial charge in [0.05, 0.1) is 12.3 Å². The van der Waals surface area contributed by atoms with Crippen LogP contribution >= 0.6 is 0 Å². The van der Waals surface area contributed by atoms with Crippen molar-refractivity contribution in [3.05, 3.63) is 59.7 Å². The molecule has 2 unspecified atom stereocenters. The summed E-state index contributed by atoms with van der Waals surface area (Å²) >= 11 is 0. The summed E-state index contributed by atoms with van der Waals surface area (Å²) in [5.41, 5.74) is 4.16. The van der Waals surface area contributed by atoms with Crippen LogP contribution in [-0.4, -0.2) is 42.3 Å². The van der Waals surface area contributed by atoms with Crippen molar-refractivity contribution in [2.45, 2.75) is 53.0 Å². The molecule has 0 saturated carbocycles. The van der Waals surface area contributed by atoms with Gasteiger partial charge in [-0.15, -0.1) is 0 Å². The van der Waals surface area contributed by atoms with Crippen LogP contribution in [0.15, 0.2) is 48.5 Å². The van der Waals surface area contributed by atoms with Crippen molar-refractivity contribution in [3.63, 3.8) is 0 Å². The summed E-state index contributed by atoms with van der Waals surface area (Å²) in [6.45, 7) is 9.76. The van der Waals surface area contributed by atoms with Gasteiger partial charge < -0.3 is 20.5 Å². The SMILES string of the molecule is CC(C)C(CNC(=O)OCC1c2ccccc2-c2ccccc21)C(=O)NC(CC(=O)O)C(C)(C)C. The fraction of sp³-hybridized carbons (Fsp3) is 0.464. The lowest BCUT2D eigenvalue weighted by molar-refractivity contribution is -0.138. The van der Waals surface area contributed by atoms with Gasteiger partial charge in [0.1, 0.15) is 6.61 Å². The van der Waals surface area contributed by atoms with Gasteiger partial charge >= 0.3 is 12.1 Å². The van der Waals surface area contributed by atoms with Gasteiger partial charge in [-0.05, 0) is 33.6 Å². The Morgan fingerprint density at radius 2 is 1.51 bits per heavy atom. The molecule has 0 saturated heterocycles. The summed E-state index contributed by atoms with van der Waals surface area (Å²) in [6.07, 6.45) is -0.747. The molecule has 7 nitrogen and oxygen atoms in total. The summed E-state index contributed by atoms with van der Waals surface area (Å²) in [7, 11) is 0. The maximum absolute atomic E-state index is 13.0. The van der Waals surface area contributed by atoms with Crippen LogP contribution in [0.3, 0.4) is 0 Å². The first-order valence-corrected chi connectivity index (χ1v) is 12.1. The highest BCUT2D eigenvalue weighted by Crippen LogP contribution is 2.44. The van der Waals surface area contributed by atoms with Crippen molar-refractivity contribution in [2.24, 2.45) is 17.3 Å². The molecule has 0 aliphatic heterocycles. The molecule has 0 bridgehead atoms. The molecule has 0 heterocycles. The molecule has 2 atom stereocenters. The fourth-order valence-corrected chi connectivity index (χ4v) is 4.50. The number of hydrogen-bond donors (Lipinski definition) is 3. The summed E-state index contributed by atoms with van der Waals surface area (Å²) in [4.78, 5) is 36.8. The van der Waals surface area contributed by atoms with Gasteiger partial charge in [-0.1, -0.05) is 83.1 Å². The van der Waals surface area contributed by atoms with Crippen LogP contribution < -0.4 is 10.6 Å². The number of carboxylic acid groups (broad SMARTS) is 1. The number of nitrogens with one attached hydrogen (secondary N) is 2. The number of amides is 2. The van der Waals surface area contributed by atoms with Crippen molar-refractivity contribution in [3.8, 4) is 11.1 Å². The van der Waals surface area contributed by atoms with Gasteiger partial charge in [-0.25, -0.2) is 4.79 Å². The molecule has 0 radical (unpaired) electrons. The maximum atomic E-state index is 13.0. The van der Waals surface area contributed by atoms with Gasteiger partial charge in [0, 0.05) is 18.5 Å². The number of alkyl carbamates (subject to hydrolysis) is 1. The Kier molecular flexibility index (Phi) is 8.20. The van der Waals surface area contributed by atoms with E-state index in [0.717, 1.165) is 22.3 Å². The third-order valence-electron chi connectivity index (χ3n) is 6.69. The predicted molar refractivity (Wildman–Crippen MR) is 135 cm³/mol. The van der Waals surface area contributed by atoms with Crippen molar-refractivity contribution in [1.29, 1.82) is 0 Å². The second kappa shape index (κ2) is 10.9. The van der Waals surface area contributed by atoms with Crippen LogP contribution in [0, 0.1) is 17.3 Å². The highest BCUT2D eigenvalue weighted by atomic mass is 16.5. The smallest absolute Gasteiger partial charge is 0.407 e. The molecule has 1 aliphatic rings. The van der Waals surface area contributed by atoms with Crippen molar-refractivity contribution < 1.29 is 24.2 Å². The lowest BCUT2D eigenvalue weighted by atomic mass is 9.84. The largest absolute Gasteiger partial charge is 0.481 e. The van der Waals surface area contributed by atoms with E-state index < -0.39 is 29.4 Å². The fourth-order valence-electron chi connectivity index (χ4n) is 4.50. The van der Waals surface area contributed by atoms with E-state index in [4.69, 9.17) is 4.74 Å². The monoisotopic (exact) mass is 480 g/mol. The van der Waals surface area contributed by atoms with Gasteiger partial charge in [0.2, 0.25) is 5.91 Å². The standard InChI is InChI=1S/C28H36N2O5/c1-17(2)22(26(33)30-24(14-25(31)32)28(3,4)5)15-29-27(34)35-16-23-20-12-8-6-10-18(20)19-11-7-9-13-21(19)23/h6-13,17,22-24H,14-16H2,1-5H3,(H,29,34)(H,30,33)(H,31,32). The molecule has 0 fully saturated rings. The average molecular weight is 481 g/mol. The highest BCUT2D eigenvalue weighted by Gasteiger charge is 2.33. The van der Waals surface area contributed by atoms with Crippen LogP contribution in [0.25, 0.3) is 11.1 Å². The molecule has 35 heavy (non-hydrogen) atoms. The summed E-state index contributed by atoms with van der Waals surface area (Å²) in [5.74, 6) is -1.87. The third-order valence-corrected chi connectivity index (χ3v) is 6.69. The minimum atomic E-state index is -0.969. The van der Waals surface area contributed by atoms with Crippen LogP contribution in [0.1, 0.15) is 58.1 Å². The third kappa shape index (κ3) is 6.41. The Labute approximate surface area is 207 Å². The van der Waals surface area contributed by atoms with E-state index >= 15 is 0 Å². The topological polar surface area (TPSA) is 105 Å². The van der Waals surface area contributed by atoms with Crippen molar-refractivity contribution in [1.82, 2.24) is 10.6 Å². The summed E-state index contributed by atoms with van der Waals surface area (Å²) in [5, 5.41) is 14.8. The quantitative estimate of drug-likeness (QED) is 0.478. The van der Waals surface area contributed by atoms with Gasteiger partial charge in [0.15, 0.2) is 0 Å². The van der Waals surface area contributed by atoms with Gasteiger partial charge in [0.25, 0.3) is 0 Å². The molecule has 0 spiro atoms. The molecule has 3 rings (SSSR count). The molecule has 2 aromatic carbocycles. The number of hydrogen-bond acceptors (Lipinski definition) is 4. The number of rotatable bonds is 9. The number of fused-ring (bicyclic) bond motifs is 3. The Morgan fingerprint density at radius 1 is 0.971 bits per heavy atom. The number of benzene rings is 2. The molecule has 7 heteroatoms. The molecular formula is C28H36N2O5. The summed E-state index contributed by atoms with van der Waals surface area (Å²) < 4.78 is 5.58. The Bertz CT molecular complexity index is 1030. The Hall–Kier alpha value is -3.35. The number of aliphatic carboxylic acids is 1. The van der Waals surface area contributed by atoms with Crippen LogP contribution in [0.4, 0.5) is 4.79 Å². The first-order chi connectivity index (χ1) is 16.5. The molecule has 3 N–H and O–H groups in total. The summed E-state index contributed by atoms with van der Waals surface area (Å²) in [6, 6.07) is 15.7. The van der Waals surface area contributed by atoms with E-state index in [2.05, 4.69) is 34.9 Å². The number of carbonyl (C=O) groups excluding carboxylic acids is 2. The molecular weight excluding hydrogens is 444 g/mol. The first-order valence-electron chi connectivity index (χ1n) is 12.1. The van der Waals surface area contributed by atoms with Crippen LogP contribution in [0.2, 0.25) is 0 Å². The predicted octanol–water partition coefficient (Wildman–Crippen LogP) is 4.80. The van der Waals surface area contributed by atoms with Crippen molar-refractivity contribution >= 4 is 18.0 Å². The maximum Gasteiger partial charge on any atom is 0.407 e. The van der Waals surface area contributed by atoms with E-state index in [0.29, 0.717) is 0 Å². The normalized spacial score (nSPS) is 14.6. The second-order valence-corrected chi connectivity index (χ2v) is 10.6. The molecule has 2 aromatic rings. The number of carbonyl (C=O) groups is 3. The molecule has 0 aromatic heterocycles. The Morgan fingerprint density at radius 3 is 2.00 bits per heavy atom. The zero-order valence-electron chi connectivity index (χ0n) is 21.1. The van der Waals surface area contributed by atoms with E-state index in [-0.39, 0.29) is 37.3 Å². The molecule has 2 amide bonds. The zero-order chi connectivity index (χ0) is 25.8. The second-order valence-electron chi connectivity index (χ2n) is 10.6. The van der Waals surface area contributed by atoms with E-state index in [1.54, 1.807) is 0 Å². The highest BCUT2D eigenvalue weighted by molar-refractivity contribution is 5.81. The number of carboxylic acids is 1. The first kappa shape index (κ1) is 26.3.